The van der Waals surface area contributed by atoms with Crippen molar-refractivity contribution in [3.05, 3.63) is 23.2 Å². The molecule has 1 amide bonds. The molecule has 1 aromatic carbocycles. The standard InChI is InChI=1S/C16H21Cl2N3O2/c1-15(2,3)23-14(22)21-7-10(8-21)16(9-17)19-12-5-4-11(18)6-13(12)20-16/h4-6,10,19-20H,7-9H2,1-3H3. The molecule has 1 aromatic rings. The van der Waals surface area contributed by atoms with E-state index in [9.17, 15) is 4.79 Å². The molecule has 1 saturated heterocycles. The van der Waals surface area contributed by atoms with Crippen LogP contribution in [-0.2, 0) is 4.74 Å². The molecular weight excluding hydrogens is 337 g/mol. The van der Waals surface area contributed by atoms with E-state index in [1.165, 1.54) is 0 Å². The van der Waals surface area contributed by atoms with Gasteiger partial charge in [-0.1, -0.05) is 11.6 Å². The summed E-state index contributed by atoms with van der Waals surface area (Å²) in [6.07, 6.45) is -0.281. The van der Waals surface area contributed by atoms with Crippen LogP contribution < -0.4 is 10.6 Å². The molecule has 2 aliphatic rings. The van der Waals surface area contributed by atoms with Gasteiger partial charge < -0.3 is 20.3 Å². The Hall–Kier alpha value is -1.33. The van der Waals surface area contributed by atoms with Gasteiger partial charge in [0.05, 0.1) is 17.3 Å². The quantitative estimate of drug-likeness (QED) is 0.786. The van der Waals surface area contributed by atoms with Crippen LogP contribution in [-0.4, -0.2) is 41.2 Å². The summed E-state index contributed by atoms with van der Waals surface area (Å²) in [5, 5.41) is 7.57. The normalized spacial score (nSPS) is 23.6. The van der Waals surface area contributed by atoms with Gasteiger partial charge in [-0.3, -0.25) is 0 Å². The number of rotatable bonds is 2. The number of benzene rings is 1. The van der Waals surface area contributed by atoms with Crippen LogP contribution in [0.1, 0.15) is 20.8 Å². The molecule has 1 fully saturated rings. The molecule has 3 rings (SSSR count). The molecule has 0 aliphatic carbocycles. The van der Waals surface area contributed by atoms with Crippen LogP contribution in [0.2, 0.25) is 5.02 Å². The zero-order valence-electron chi connectivity index (χ0n) is 13.5. The van der Waals surface area contributed by atoms with Crippen LogP contribution in [0.4, 0.5) is 16.2 Å². The lowest BCUT2D eigenvalue weighted by Gasteiger charge is -2.48. The van der Waals surface area contributed by atoms with Gasteiger partial charge in [0.15, 0.2) is 0 Å². The highest BCUT2D eigenvalue weighted by atomic mass is 35.5. The number of amides is 1. The van der Waals surface area contributed by atoms with Gasteiger partial charge in [-0.15, -0.1) is 11.6 Å². The van der Waals surface area contributed by atoms with Gasteiger partial charge in [0.2, 0.25) is 0 Å². The van der Waals surface area contributed by atoms with E-state index in [4.69, 9.17) is 27.9 Å². The molecule has 1 unspecified atom stereocenters. The molecule has 1 atom stereocenters. The van der Waals surface area contributed by atoms with E-state index in [1.54, 1.807) is 4.90 Å². The summed E-state index contributed by atoms with van der Waals surface area (Å²) in [4.78, 5) is 13.8. The van der Waals surface area contributed by atoms with Crippen molar-refractivity contribution < 1.29 is 9.53 Å². The van der Waals surface area contributed by atoms with E-state index in [0.717, 1.165) is 11.4 Å². The maximum absolute atomic E-state index is 12.1. The fourth-order valence-electron chi connectivity index (χ4n) is 2.89. The van der Waals surface area contributed by atoms with E-state index < -0.39 is 11.3 Å². The molecule has 2 heterocycles. The summed E-state index contributed by atoms with van der Waals surface area (Å²) in [7, 11) is 0. The molecule has 0 saturated carbocycles. The van der Waals surface area contributed by atoms with E-state index in [-0.39, 0.29) is 12.0 Å². The molecule has 0 spiro atoms. The first-order valence-corrected chi connectivity index (χ1v) is 8.53. The predicted octanol–water partition coefficient (Wildman–Crippen LogP) is 3.98. The van der Waals surface area contributed by atoms with Gasteiger partial charge in [-0.25, -0.2) is 4.79 Å². The SMILES string of the molecule is CC(C)(C)OC(=O)N1CC(C2(CCl)Nc3ccc(Cl)cc3N2)C1. The minimum Gasteiger partial charge on any atom is -0.444 e. The molecule has 7 heteroatoms. The lowest BCUT2D eigenvalue weighted by Crippen LogP contribution is -2.65. The smallest absolute Gasteiger partial charge is 0.410 e. The second-order valence-corrected chi connectivity index (χ2v) is 7.83. The largest absolute Gasteiger partial charge is 0.444 e. The number of nitrogens with zero attached hydrogens (tertiary/aromatic N) is 1. The second-order valence-electron chi connectivity index (χ2n) is 7.13. The Bertz CT molecular complexity index is 626. The summed E-state index contributed by atoms with van der Waals surface area (Å²) >= 11 is 12.3. The van der Waals surface area contributed by atoms with Crippen LogP contribution >= 0.6 is 23.2 Å². The van der Waals surface area contributed by atoms with Gasteiger partial charge in [0.1, 0.15) is 11.3 Å². The van der Waals surface area contributed by atoms with Crippen molar-refractivity contribution in [3.8, 4) is 0 Å². The first kappa shape index (κ1) is 16.5. The Labute approximate surface area is 146 Å². The average Bonchev–Trinajstić information content (AvgIpc) is 2.73. The predicted molar refractivity (Wildman–Crippen MR) is 93.4 cm³/mol. The molecule has 5 nitrogen and oxygen atoms in total. The topological polar surface area (TPSA) is 53.6 Å². The van der Waals surface area contributed by atoms with Crippen LogP contribution in [0, 0.1) is 5.92 Å². The number of anilines is 2. The fraction of sp³-hybridized carbons (Fsp3) is 0.562. The Morgan fingerprint density at radius 3 is 2.61 bits per heavy atom. The highest BCUT2D eigenvalue weighted by Crippen LogP contribution is 2.42. The Kier molecular flexibility index (Phi) is 4.05. The first-order valence-electron chi connectivity index (χ1n) is 7.62. The maximum Gasteiger partial charge on any atom is 0.410 e. The summed E-state index contributed by atoms with van der Waals surface area (Å²) in [6.45, 7) is 6.79. The Morgan fingerprint density at radius 2 is 2.00 bits per heavy atom. The van der Waals surface area contributed by atoms with Crippen molar-refractivity contribution in [1.82, 2.24) is 4.90 Å². The summed E-state index contributed by atoms with van der Waals surface area (Å²) in [6, 6.07) is 5.65. The van der Waals surface area contributed by atoms with Crippen molar-refractivity contribution >= 4 is 40.7 Å². The van der Waals surface area contributed by atoms with E-state index in [0.29, 0.717) is 24.0 Å². The number of nitrogens with one attached hydrogen (secondary N) is 2. The number of carbonyl (C=O) groups is 1. The summed E-state index contributed by atoms with van der Waals surface area (Å²) in [5.74, 6) is 0.574. The summed E-state index contributed by atoms with van der Waals surface area (Å²) < 4.78 is 5.39. The average molecular weight is 358 g/mol. The molecule has 0 bridgehead atoms. The minimum absolute atomic E-state index is 0.193. The number of likely N-dealkylation sites (tertiary alicyclic amines) is 1. The molecule has 0 radical (unpaired) electrons. The number of ether oxygens (including phenoxy) is 1. The Morgan fingerprint density at radius 1 is 1.35 bits per heavy atom. The van der Waals surface area contributed by atoms with E-state index in [1.807, 2.05) is 39.0 Å². The van der Waals surface area contributed by atoms with Crippen molar-refractivity contribution in [2.24, 2.45) is 5.92 Å². The van der Waals surface area contributed by atoms with Gasteiger partial charge in [0.25, 0.3) is 0 Å². The number of halogens is 2. The number of alkyl halides is 1. The zero-order chi connectivity index (χ0) is 16.8. The highest BCUT2D eigenvalue weighted by Gasteiger charge is 2.50. The van der Waals surface area contributed by atoms with Gasteiger partial charge in [-0.2, -0.15) is 0 Å². The fourth-order valence-corrected chi connectivity index (χ4v) is 3.41. The third kappa shape index (κ3) is 3.17. The van der Waals surface area contributed by atoms with Crippen molar-refractivity contribution in [2.45, 2.75) is 32.0 Å². The molecule has 2 aliphatic heterocycles. The van der Waals surface area contributed by atoms with Gasteiger partial charge in [-0.05, 0) is 39.0 Å². The molecule has 2 N–H and O–H groups in total. The third-order valence-electron chi connectivity index (χ3n) is 4.14. The number of hydrogen-bond acceptors (Lipinski definition) is 4. The van der Waals surface area contributed by atoms with Gasteiger partial charge >= 0.3 is 6.09 Å². The molecule has 23 heavy (non-hydrogen) atoms. The van der Waals surface area contributed by atoms with E-state index in [2.05, 4.69) is 10.6 Å². The van der Waals surface area contributed by atoms with Crippen molar-refractivity contribution in [1.29, 1.82) is 0 Å². The second kappa shape index (κ2) is 5.64. The Balaban J connectivity index is 1.66. The van der Waals surface area contributed by atoms with Crippen LogP contribution in [0.15, 0.2) is 18.2 Å². The van der Waals surface area contributed by atoms with E-state index >= 15 is 0 Å². The highest BCUT2D eigenvalue weighted by molar-refractivity contribution is 6.31. The monoisotopic (exact) mass is 357 g/mol. The third-order valence-corrected chi connectivity index (χ3v) is 4.79. The number of carbonyl (C=O) groups excluding carboxylic acids is 1. The van der Waals surface area contributed by atoms with Crippen molar-refractivity contribution in [2.75, 3.05) is 29.6 Å². The van der Waals surface area contributed by atoms with Crippen LogP contribution in [0.5, 0.6) is 0 Å². The molecular formula is C16H21Cl2N3O2. The lowest BCUT2D eigenvalue weighted by molar-refractivity contribution is -0.00803. The van der Waals surface area contributed by atoms with Crippen LogP contribution in [0.25, 0.3) is 0 Å². The van der Waals surface area contributed by atoms with Crippen LogP contribution in [0.3, 0.4) is 0 Å². The minimum atomic E-state index is -0.483. The zero-order valence-corrected chi connectivity index (χ0v) is 15.0. The lowest BCUT2D eigenvalue weighted by atomic mass is 9.87. The van der Waals surface area contributed by atoms with Gasteiger partial charge in [0, 0.05) is 24.0 Å². The maximum atomic E-state index is 12.1. The first-order chi connectivity index (χ1) is 10.7. The van der Waals surface area contributed by atoms with Crippen molar-refractivity contribution in [3.63, 3.8) is 0 Å². The summed E-state index contributed by atoms with van der Waals surface area (Å²) in [5.41, 5.74) is 0.968. The molecule has 126 valence electrons. The molecule has 0 aromatic heterocycles. The number of hydrogen-bond donors (Lipinski definition) is 2. The number of fused-ring (bicyclic) bond motifs is 1.